The van der Waals surface area contributed by atoms with E-state index in [0.29, 0.717) is 17.2 Å². The molecule has 1 rings (SSSR count). The lowest BCUT2D eigenvalue weighted by Gasteiger charge is -2.16. The van der Waals surface area contributed by atoms with Crippen molar-refractivity contribution in [3.63, 3.8) is 0 Å². The molecule has 7 heteroatoms. The zero-order chi connectivity index (χ0) is 13.0. The molecule has 5 nitrogen and oxygen atoms in total. The van der Waals surface area contributed by atoms with Gasteiger partial charge in [-0.15, -0.1) is 24.8 Å². The van der Waals surface area contributed by atoms with Crippen LogP contribution in [0.2, 0.25) is 0 Å². The van der Waals surface area contributed by atoms with Crippen molar-refractivity contribution >= 4 is 30.7 Å². The van der Waals surface area contributed by atoms with Crippen LogP contribution in [-0.4, -0.2) is 27.2 Å². The van der Waals surface area contributed by atoms with Crippen LogP contribution < -0.4 is 19.9 Å². The lowest BCUT2D eigenvalue weighted by atomic mass is 9.99. The minimum absolute atomic E-state index is 0. The average molecular weight is 312 g/mol. The summed E-state index contributed by atoms with van der Waals surface area (Å²) in [5.41, 5.74) is 6.00. The van der Waals surface area contributed by atoms with E-state index in [1.165, 1.54) is 21.3 Å². The molecule has 0 aromatic heterocycles. The standard InChI is InChI=1S/C12H17NO4.2ClH/c1-7(12(13)14)8-5-9(15-2)11(17-4)10(6-8)16-3;;/h5-7H,1-4H3,(H2,13,14);2*1H. The van der Waals surface area contributed by atoms with Gasteiger partial charge in [0.25, 0.3) is 0 Å². The van der Waals surface area contributed by atoms with Gasteiger partial charge in [0.2, 0.25) is 11.7 Å². The quantitative estimate of drug-likeness (QED) is 0.904. The summed E-state index contributed by atoms with van der Waals surface area (Å²) in [5, 5.41) is 0. The summed E-state index contributed by atoms with van der Waals surface area (Å²) in [6.07, 6.45) is 0. The first-order chi connectivity index (χ1) is 8.04. The second-order valence-corrected chi connectivity index (χ2v) is 3.58. The highest BCUT2D eigenvalue weighted by Crippen LogP contribution is 2.39. The SMILES string of the molecule is COc1cc(C(C)C(N)=O)cc(OC)c1OC.Cl.Cl. The minimum Gasteiger partial charge on any atom is -0.493 e. The molecule has 0 fully saturated rings. The summed E-state index contributed by atoms with van der Waals surface area (Å²) in [6, 6.07) is 3.44. The molecule has 0 saturated heterocycles. The fourth-order valence-electron chi connectivity index (χ4n) is 1.52. The third-order valence-corrected chi connectivity index (χ3v) is 2.61. The molecular weight excluding hydrogens is 293 g/mol. The lowest BCUT2D eigenvalue weighted by molar-refractivity contribution is -0.119. The third-order valence-electron chi connectivity index (χ3n) is 2.61. The zero-order valence-corrected chi connectivity index (χ0v) is 12.9. The Hall–Kier alpha value is -1.33. The number of carbonyl (C=O) groups excluding carboxylic acids is 1. The van der Waals surface area contributed by atoms with Crippen LogP contribution in [0, 0.1) is 0 Å². The fraction of sp³-hybridized carbons (Fsp3) is 0.417. The molecule has 19 heavy (non-hydrogen) atoms. The normalized spacial score (nSPS) is 10.5. The Balaban J connectivity index is 0. The van der Waals surface area contributed by atoms with Crippen LogP contribution in [-0.2, 0) is 4.79 Å². The first kappa shape index (κ1) is 20.0. The van der Waals surface area contributed by atoms with Crippen molar-refractivity contribution in [1.29, 1.82) is 0 Å². The zero-order valence-electron chi connectivity index (χ0n) is 11.3. The smallest absolute Gasteiger partial charge is 0.224 e. The van der Waals surface area contributed by atoms with Gasteiger partial charge < -0.3 is 19.9 Å². The van der Waals surface area contributed by atoms with Gasteiger partial charge >= 0.3 is 0 Å². The number of hydrogen-bond acceptors (Lipinski definition) is 4. The van der Waals surface area contributed by atoms with Crippen LogP contribution in [0.5, 0.6) is 17.2 Å². The van der Waals surface area contributed by atoms with Crippen LogP contribution in [0.25, 0.3) is 0 Å². The molecule has 1 amide bonds. The Morgan fingerprint density at radius 3 is 1.74 bits per heavy atom. The maximum absolute atomic E-state index is 11.2. The van der Waals surface area contributed by atoms with E-state index in [1.54, 1.807) is 19.1 Å². The van der Waals surface area contributed by atoms with Crippen molar-refractivity contribution in [3.8, 4) is 17.2 Å². The number of hydrogen-bond donors (Lipinski definition) is 1. The first-order valence-corrected chi connectivity index (χ1v) is 5.14. The minimum atomic E-state index is -0.413. The lowest BCUT2D eigenvalue weighted by Crippen LogP contribution is -2.18. The van der Waals surface area contributed by atoms with E-state index < -0.39 is 11.8 Å². The summed E-state index contributed by atoms with van der Waals surface area (Å²) in [5.74, 6) is 0.697. The van der Waals surface area contributed by atoms with Gasteiger partial charge in [-0.3, -0.25) is 4.79 Å². The van der Waals surface area contributed by atoms with Crippen molar-refractivity contribution in [2.24, 2.45) is 5.73 Å². The second kappa shape index (κ2) is 8.72. The van der Waals surface area contributed by atoms with Crippen molar-refractivity contribution in [2.75, 3.05) is 21.3 Å². The van der Waals surface area contributed by atoms with Gasteiger partial charge in [-0.1, -0.05) is 0 Å². The van der Waals surface area contributed by atoms with Crippen LogP contribution in [0.4, 0.5) is 0 Å². The second-order valence-electron chi connectivity index (χ2n) is 3.58. The number of nitrogens with two attached hydrogens (primary N) is 1. The molecule has 0 aliphatic rings. The van der Waals surface area contributed by atoms with Crippen molar-refractivity contribution in [1.82, 2.24) is 0 Å². The molecule has 0 aliphatic heterocycles. The number of carbonyl (C=O) groups is 1. The van der Waals surface area contributed by atoms with E-state index in [-0.39, 0.29) is 24.8 Å². The van der Waals surface area contributed by atoms with Crippen LogP contribution in [0.1, 0.15) is 18.4 Å². The van der Waals surface area contributed by atoms with E-state index in [1.807, 2.05) is 0 Å². The Labute approximate surface area is 125 Å². The van der Waals surface area contributed by atoms with E-state index in [0.717, 1.165) is 5.56 Å². The molecule has 1 unspecified atom stereocenters. The molecule has 0 bridgehead atoms. The number of primary amides is 1. The summed E-state index contributed by atoms with van der Waals surface area (Å²) in [4.78, 5) is 11.2. The Morgan fingerprint density at radius 2 is 1.47 bits per heavy atom. The average Bonchev–Trinajstić information content (AvgIpc) is 2.35. The molecule has 0 heterocycles. The van der Waals surface area contributed by atoms with Crippen molar-refractivity contribution < 1.29 is 19.0 Å². The number of benzene rings is 1. The van der Waals surface area contributed by atoms with Gasteiger partial charge in [0.15, 0.2) is 11.5 Å². The van der Waals surface area contributed by atoms with Gasteiger partial charge in [-0.05, 0) is 24.6 Å². The molecule has 2 N–H and O–H groups in total. The number of rotatable bonds is 5. The van der Waals surface area contributed by atoms with E-state index in [4.69, 9.17) is 19.9 Å². The number of methoxy groups -OCH3 is 3. The van der Waals surface area contributed by atoms with E-state index >= 15 is 0 Å². The summed E-state index contributed by atoms with van der Waals surface area (Å²) < 4.78 is 15.6. The van der Waals surface area contributed by atoms with Gasteiger partial charge in [-0.25, -0.2) is 0 Å². The molecule has 1 aromatic carbocycles. The molecule has 0 aliphatic carbocycles. The van der Waals surface area contributed by atoms with E-state index in [9.17, 15) is 4.79 Å². The Bertz CT molecular complexity index is 401. The molecular formula is C12H19Cl2NO4. The third kappa shape index (κ3) is 4.36. The maximum Gasteiger partial charge on any atom is 0.224 e. The van der Waals surface area contributed by atoms with Gasteiger partial charge in [0.05, 0.1) is 27.2 Å². The van der Waals surface area contributed by atoms with Gasteiger partial charge in [0, 0.05) is 0 Å². The van der Waals surface area contributed by atoms with Crippen molar-refractivity contribution in [3.05, 3.63) is 17.7 Å². The summed E-state index contributed by atoms with van der Waals surface area (Å²) in [7, 11) is 4.57. The molecule has 110 valence electrons. The highest BCUT2D eigenvalue weighted by molar-refractivity contribution is 5.85. The van der Waals surface area contributed by atoms with Gasteiger partial charge in [0.1, 0.15) is 0 Å². The molecule has 1 atom stereocenters. The predicted octanol–water partition coefficient (Wildman–Crippen LogP) is 2.14. The number of ether oxygens (including phenoxy) is 3. The van der Waals surface area contributed by atoms with Crippen molar-refractivity contribution in [2.45, 2.75) is 12.8 Å². The first-order valence-electron chi connectivity index (χ1n) is 5.14. The molecule has 0 radical (unpaired) electrons. The van der Waals surface area contributed by atoms with Crippen LogP contribution in [0.3, 0.4) is 0 Å². The van der Waals surface area contributed by atoms with Crippen LogP contribution in [0.15, 0.2) is 12.1 Å². The summed E-state index contributed by atoms with van der Waals surface area (Å²) in [6.45, 7) is 1.73. The highest BCUT2D eigenvalue weighted by Gasteiger charge is 2.18. The Morgan fingerprint density at radius 1 is 1.05 bits per heavy atom. The number of halogens is 2. The predicted molar refractivity (Wildman–Crippen MR) is 78.2 cm³/mol. The number of amides is 1. The maximum atomic E-state index is 11.2. The van der Waals surface area contributed by atoms with Gasteiger partial charge in [-0.2, -0.15) is 0 Å². The van der Waals surface area contributed by atoms with E-state index in [2.05, 4.69) is 0 Å². The largest absolute Gasteiger partial charge is 0.493 e. The highest BCUT2D eigenvalue weighted by atomic mass is 35.5. The molecule has 0 saturated carbocycles. The summed E-state index contributed by atoms with van der Waals surface area (Å²) >= 11 is 0. The Kier molecular flexibility index (Phi) is 9.17. The topological polar surface area (TPSA) is 70.8 Å². The monoisotopic (exact) mass is 311 g/mol. The molecule has 1 aromatic rings. The van der Waals surface area contributed by atoms with Crippen LogP contribution >= 0.6 is 24.8 Å². The fourth-order valence-corrected chi connectivity index (χ4v) is 1.52. The molecule has 0 spiro atoms.